The number of aromatic nitrogens is 2. The van der Waals surface area contributed by atoms with Gasteiger partial charge >= 0.3 is 0 Å². The molecule has 0 saturated carbocycles. The smallest absolute Gasteiger partial charge is 0.108 e. The van der Waals surface area contributed by atoms with Gasteiger partial charge in [0.25, 0.3) is 0 Å². The number of para-hydroxylation sites is 1. The summed E-state index contributed by atoms with van der Waals surface area (Å²) in [6.07, 6.45) is 7.68. The number of aryl methyl sites for hydroxylation is 1. The molecule has 3 heterocycles. The predicted octanol–water partition coefficient (Wildman–Crippen LogP) is 3.11. The van der Waals surface area contributed by atoms with Crippen LogP contribution in [0.25, 0.3) is 0 Å². The van der Waals surface area contributed by atoms with E-state index in [1.54, 1.807) is 0 Å². The van der Waals surface area contributed by atoms with E-state index < -0.39 is 0 Å². The number of anilines is 1. The minimum Gasteiger partial charge on any atom is -0.369 e. The Morgan fingerprint density at radius 2 is 1.93 bits per heavy atom. The van der Waals surface area contributed by atoms with Crippen molar-refractivity contribution in [2.24, 2.45) is 5.92 Å². The number of piperazine rings is 1. The number of rotatable bonds is 7. The molecule has 0 spiro atoms. The van der Waals surface area contributed by atoms with Gasteiger partial charge in [-0.2, -0.15) is 0 Å². The summed E-state index contributed by atoms with van der Waals surface area (Å²) in [6.45, 7) is 11.5. The van der Waals surface area contributed by atoms with Crippen molar-refractivity contribution >= 4 is 5.69 Å². The Morgan fingerprint density at radius 3 is 2.75 bits per heavy atom. The average molecular weight is 382 g/mol. The van der Waals surface area contributed by atoms with E-state index in [4.69, 9.17) is 0 Å². The van der Waals surface area contributed by atoms with Gasteiger partial charge in [0.2, 0.25) is 0 Å². The van der Waals surface area contributed by atoms with Crippen LogP contribution in [0.3, 0.4) is 0 Å². The molecule has 5 nitrogen and oxygen atoms in total. The van der Waals surface area contributed by atoms with Crippen molar-refractivity contribution in [3.05, 3.63) is 48.0 Å². The molecular formula is C23H35N5. The Morgan fingerprint density at radius 1 is 1.11 bits per heavy atom. The second-order valence-electron chi connectivity index (χ2n) is 8.55. The van der Waals surface area contributed by atoms with Gasteiger partial charge in [0, 0.05) is 70.3 Å². The Kier molecular flexibility index (Phi) is 6.33. The van der Waals surface area contributed by atoms with Crippen LogP contribution >= 0.6 is 0 Å². The minimum atomic E-state index is 0.713. The number of hydrogen-bond donors (Lipinski definition) is 0. The van der Waals surface area contributed by atoms with Gasteiger partial charge in [0.1, 0.15) is 5.82 Å². The molecule has 1 aromatic heterocycles. The number of hydrogen-bond acceptors (Lipinski definition) is 4. The van der Waals surface area contributed by atoms with E-state index in [1.165, 1.54) is 49.6 Å². The Hall–Kier alpha value is -1.85. The van der Waals surface area contributed by atoms with E-state index in [2.05, 4.69) is 68.7 Å². The van der Waals surface area contributed by atoms with Gasteiger partial charge < -0.3 is 14.4 Å². The molecule has 0 aliphatic carbocycles. The third-order valence-electron chi connectivity index (χ3n) is 6.31. The monoisotopic (exact) mass is 381 g/mol. The topological polar surface area (TPSA) is 27.5 Å². The van der Waals surface area contributed by atoms with Crippen molar-refractivity contribution in [1.82, 2.24) is 19.4 Å². The van der Waals surface area contributed by atoms with Gasteiger partial charge in [-0.05, 0) is 44.0 Å². The highest BCUT2D eigenvalue weighted by Crippen LogP contribution is 2.25. The molecule has 2 aliphatic heterocycles. The summed E-state index contributed by atoms with van der Waals surface area (Å²) in [7, 11) is 2.27. The molecule has 0 amide bonds. The molecule has 1 saturated heterocycles. The summed E-state index contributed by atoms with van der Waals surface area (Å²) in [5.74, 6) is 1.97. The third kappa shape index (κ3) is 4.58. The van der Waals surface area contributed by atoms with Gasteiger partial charge in [-0.1, -0.05) is 25.1 Å². The molecule has 152 valence electrons. The largest absolute Gasteiger partial charge is 0.369 e. The van der Waals surface area contributed by atoms with Crippen LogP contribution in [0.15, 0.2) is 36.7 Å². The van der Waals surface area contributed by atoms with Gasteiger partial charge in [-0.25, -0.2) is 4.98 Å². The van der Waals surface area contributed by atoms with E-state index in [1.807, 2.05) is 6.20 Å². The minimum absolute atomic E-state index is 0.713. The zero-order valence-electron chi connectivity index (χ0n) is 17.6. The lowest BCUT2D eigenvalue weighted by Crippen LogP contribution is -2.47. The number of benzene rings is 1. The first-order valence-corrected chi connectivity index (χ1v) is 11.0. The normalized spacial score (nSPS) is 20.5. The zero-order chi connectivity index (χ0) is 19.3. The van der Waals surface area contributed by atoms with E-state index in [0.29, 0.717) is 5.92 Å². The van der Waals surface area contributed by atoms with Gasteiger partial charge in [0.15, 0.2) is 0 Å². The summed E-state index contributed by atoms with van der Waals surface area (Å²) >= 11 is 0. The zero-order valence-corrected chi connectivity index (χ0v) is 17.6. The van der Waals surface area contributed by atoms with Crippen LogP contribution in [-0.2, 0) is 19.5 Å². The van der Waals surface area contributed by atoms with Crippen LogP contribution in [0.5, 0.6) is 0 Å². The lowest BCUT2D eigenvalue weighted by atomic mass is 9.97. The maximum atomic E-state index is 4.53. The molecule has 0 radical (unpaired) electrons. The van der Waals surface area contributed by atoms with Crippen molar-refractivity contribution in [3.63, 3.8) is 0 Å². The second kappa shape index (κ2) is 9.10. The molecule has 4 rings (SSSR count). The molecule has 0 bridgehead atoms. The Balaban J connectivity index is 1.35. The van der Waals surface area contributed by atoms with E-state index >= 15 is 0 Å². The van der Waals surface area contributed by atoms with Crippen molar-refractivity contribution in [3.8, 4) is 0 Å². The summed E-state index contributed by atoms with van der Waals surface area (Å²) in [5, 5.41) is 0. The molecule has 0 N–H and O–H groups in total. The molecule has 28 heavy (non-hydrogen) atoms. The van der Waals surface area contributed by atoms with Crippen LogP contribution in [-0.4, -0.2) is 65.7 Å². The summed E-state index contributed by atoms with van der Waals surface area (Å²) in [6, 6.07) is 9.02. The first kappa shape index (κ1) is 19.5. The Bertz CT molecular complexity index is 747. The Labute approximate surface area is 170 Å². The molecular weight excluding hydrogens is 346 g/mol. The third-order valence-corrected chi connectivity index (χ3v) is 6.31. The van der Waals surface area contributed by atoms with Gasteiger partial charge in [-0.15, -0.1) is 0 Å². The molecule has 1 fully saturated rings. The van der Waals surface area contributed by atoms with Crippen LogP contribution in [0.1, 0.15) is 31.2 Å². The maximum Gasteiger partial charge on any atom is 0.108 e. The molecule has 1 unspecified atom stereocenters. The molecule has 1 atom stereocenters. The summed E-state index contributed by atoms with van der Waals surface area (Å²) in [5.41, 5.74) is 2.90. The van der Waals surface area contributed by atoms with Crippen LogP contribution in [0, 0.1) is 5.92 Å². The lowest BCUT2D eigenvalue weighted by Gasteiger charge is -2.37. The van der Waals surface area contributed by atoms with Crippen molar-refractivity contribution < 1.29 is 0 Å². The fraction of sp³-hybridized carbons (Fsp3) is 0.609. The lowest BCUT2D eigenvalue weighted by molar-refractivity contribution is 0.237. The van der Waals surface area contributed by atoms with Crippen molar-refractivity contribution in [2.45, 2.75) is 39.3 Å². The van der Waals surface area contributed by atoms with Gasteiger partial charge in [-0.3, -0.25) is 4.90 Å². The van der Waals surface area contributed by atoms with E-state index in [9.17, 15) is 0 Å². The van der Waals surface area contributed by atoms with Crippen molar-refractivity contribution in [2.75, 3.05) is 51.2 Å². The first-order valence-electron chi connectivity index (χ1n) is 11.0. The maximum absolute atomic E-state index is 4.53. The summed E-state index contributed by atoms with van der Waals surface area (Å²) < 4.78 is 2.31. The first-order chi connectivity index (χ1) is 13.7. The number of nitrogens with zero attached hydrogens (tertiary/aromatic N) is 5. The highest BCUT2D eigenvalue weighted by atomic mass is 15.3. The standard InChI is InChI=1S/C23H35N5/c1-3-10-26-13-15-27(16-14-26)22-7-5-4-6-21(22)19-25(2)18-20-8-11-28-12-9-24-23(28)17-20/h4-7,9,12,20H,3,8,10-11,13-19H2,1-2H3. The van der Waals surface area contributed by atoms with Crippen LogP contribution < -0.4 is 4.90 Å². The quantitative estimate of drug-likeness (QED) is 0.737. The van der Waals surface area contributed by atoms with Crippen LogP contribution in [0.4, 0.5) is 5.69 Å². The van der Waals surface area contributed by atoms with E-state index in [-0.39, 0.29) is 0 Å². The molecule has 5 heteroatoms. The number of imidazole rings is 1. The fourth-order valence-corrected chi connectivity index (χ4v) is 4.85. The summed E-state index contributed by atoms with van der Waals surface area (Å²) in [4.78, 5) is 12.2. The molecule has 1 aromatic carbocycles. The molecule has 2 aliphatic rings. The SMILES string of the molecule is CCCN1CCN(c2ccccc2CN(C)CC2CCn3ccnc3C2)CC1. The van der Waals surface area contributed by atoms with Crippen LogP contribution in [0.2, 0.25) is 0 Å². The number of fused-ring (bicyclic) bond motifs is 1. The predicted molar refractivity (Wildman–Crippen MR) is 116 cm³/mol. The highest BCUT2D eigenvalue weighted by Gasteiger charge is 2.22. The highest BCUT2D eigenvalue weighted by molar-refractivity contribution is 5.54. The van der Waals surface area contributed by atoms with Crippen molar-refractivity contribution in [1.29, 1.82) is 0 Å². The van der Waals surface area contributed by atoms with E-state index in [0.717, 1.165) is 39.1 Å². The van der Waals surface area contributed by atoms with Gasteiger partial charge in [0.05, 0.1) is 0 Å². The second-order valence-corrected chi connectivity index (χ2v) is 8.55. The molecule has 2 aromatic rings. The average Bonchev–Trinajstić information content (AvgIpc) is 3.17. The fourth-order valence-electron chi connectivity index (χ4n) is 4.85.